The van der Waals surface area contributed by atoms with E-state index in [-0.39, 0.29) is 25.9 Å². The summed E-state index contributed by atoms with van der Waals surface area (Å²) in [5, 5.41) is 31.5. The lowest BCUT2D eigenvalue weighted by Crippen LogP contribution is -2.61. The number of hydrogen-bond donors (Lipinski definition) is 3. The topological polar surface area (TPSA) is 175 Å². The number of aliphatic carboxylic acids is 1. The normalized spacial score (nSPS) is 18.5. The molecule has 1 saturated heterocycles. The van der Waals surface area contributed by atoms with Crippen LogP contribution >= 0.6 is 0 Å². The van der Waals surface area contributed by atoms with E-state index in [0.29, 0.717) is 19.3 Å². The van der Waals surface area contributed by atoms with Gasteiger partial charge in [-0.25, -0.2) is 4.79 Å². The van der Waals surface area contributed by atoms with Crippen molar-refractivity contribution >= 4 is 23.9 Å². The van der Waals surface area contributed by atoms with Gasteiger partial charge in [-0.3, -0.25) is 14.4 Å². The number of aliphatic hydroxyl groups is 2. The monoisotopic (exact) mass is 1080 g/mol. The quantitative estimate of drug-likeness (QED) is 0.0228. The predicted octanol–water partition coefficient (Wildman–Crippen LogP) is 16.1. The third-order valence-corrected chi connectivity index (χ3v) is 13.7. The van der Waals surface area contributed by atoms with Gasteiger partial charge in [0.05, 0.1) is 6.61 Å². The van der Waals surface area contributed by atoms with Crippen molar-refractivity contribution in [2.75, 3.05) is 13.2 Å². The van der Waals surface area contributed by atoms with Gasteiger partial charge in [-0.1, -0.05) is 203 Å². The lowest BCUT2D eigenvalue weighted by Gasteiger charge is -2.40. The number of unbranched alkanes of at least 4 members (excludes halogenated alkanes) is 26. The minimum Gasteiger partial charge on any atom is -0.479 e. The largest absolute Gasteiger partial charge is 0.479 e. The zero-order chi connectivity index (χ0) is 56.1. The van der Waals surface area contributed by atoms with Gasteiger partial charge in [0, 0.05) is 19.3 Å². The fraction of sp³-hybridized carbons (Fsp3) is 0.754. The molecule has 0 spiro atoms. The molecule has 1 rings (SSSR count). The summed E-state index contributed by atoms with van der Waals surface area (Å²) in [6.07, 6.45) is 54.3. The molecule has 0 aromatic rings. The van der Waals surface area contributed by atoms with Gasteiger partial charge >= 0.3 is 23.9 Å². The summed E-state index contributed by atoms with van der Waals surface area (Å²) in [6.45, 7) is 5.91. The number of aliphatic hydroxyl groups excluding tert-OH is 2. The van der Waals surface area contributed by atoms with Crippen LogP contribution in [0.25, 0.3) is 0 Å². The highest BCUT2D eigenvalue weighted by molar-refractivity contribution is 5.74. The number of carboxylic acids is 1. The number of ether oxygens (including phenoxy) is 5. The smallest absolute Gasteiger partial charge is 0.335 e. The molecule has 442 valence electrons. The molecule has 1 heterocycles. The van der Waals surface area contributed by atoms with Crippen molar-refractivity contribution in [1.82, 2.24) is 0 Å². The molecule has 3 N–H and O–H groups in total. The first-order chi connectivity index (χ1) is 37.6. The van der Waals surface area contributed by atoms with E-state index >= 15 is 0 Å². The Labute approximate surface area is 468 Å². The van der Waals surface area contributed by atoms with Gasteiger partial charge in [-0.15, -0.1) is 0 Å². The van der Waals surface area contributed by atoms with Crippen LogP contribution in [0.4, 0.5) is 0 Å². The molecule has 0 aromatic carbocycles. The Kier molecular flexibility index (Phi) is 48.8. The first kappa shape index (κ1) is 71.2. The van der Waals surface area contributed by atoms with E-state index in [4.69, 9.17) is 23.7 Å². The first-order valence-electron chi connectivity index (χ1n) is 30.9. The van der Waals surface area contributed by atoms with Crippen LogP contribution in [0, 0.1) is 0 Å². The van der Waals surface area contributed by atoms with E-state index in [1.54, 1.807) is 0 Å². The van der Waals surface area contributed by atoms with Crippen LogP contribution in [0.2, 0.25) is 0 Å². The van der Waals surface area contributed by atoms with Gasteiger partial charge in [0.25, 0.3) is 0 Å². The molecule has 0 amide bonds. The molecule has 1 aliphatic heterocycles. The number of hydrogen-bond acceptors (Lipinski definition) is 11. The second kappa shape index (κ2) is 52.8. The second-order valence-corrected chi connectivity index (χ2v) is 21.0. The van der Waals surface area contributed by atoms with Crippen LogP contribution in [-0.2, 0) is 42.9 Å². The molecule has 1 aliphatic rings. The predicted molar refractivity (Wildman–Crippen MR) is 312 cm³/mol. The summed E-state index contributed by atoms with van der Waals surface area (Å²) in [7, 11) is 0. The summed E-state index contributed by atoms with van der Waals surface area (Å²) in [6, 6.07) is 0. The summed E-state index contributed by atoms with van der Waals surface area (Å²) in [5.41, 5.74) is 0. The molecular weight excluding hydrogens is 973 g/mol. The molecule has 0 bridgehead atoms. The van der Waals surface area contributed by atoms with Crippen LogP contribution in [0.15, 0.2) is 72.9 Å². The van der Waals surface area contributed by atoms with E-state index in [2.05, 4.69) is 93.7 Å². The highest BCUT2D eigenvalue weighted by atomic mass is 16.7. The summed E-state index contributed by atoms with van der Waals surface area (Å²) in [4.78, 5) is 51.2. The van der Waals surface area contributed by atoms with E-state index in [1.165, 1.54) is 70.6 Å². The summed E-state index contributed by atoms with van der Waals surface area (Å²) < 4.78 is 28.4. The van der Waals surface area contributed by atoms with Crippen LogP contribution in [0.3, 0.4) is 0 Å². The Morgan fingerprint density at radius 1 is 0.429 bits per heavy atom. The first-order valence-corrected chi connectivity index (χ1v) is 30.9. The standard InChI is InChI=1S/C65H110O12/c1-4-7-10-13-16-19-22-25-27-28-29-30-32-34-36-39-42-45-48-51-57(66)73-54-56(75-58(67)52-49-46-43-40-37-33-24-21-18-15-12-9-6-3)55-74-65-63(61(70)60(69)62(77-65)64(71)72)76-59(68)53-50-47-44-41-38-35-31-26-23-20-17-14-11-8-5-2/h16-17,19-21,24-27,29-31,56,60-63,65,69-70H,4-15,18,22-23,28,32-55H2,1-3H3,(H,71,72)/b19-16-,20-17-,24-21-,27-25-,30-29-,31-26-. The Morgan fingerprint density at radius 3 is 1.22 bits per heavy atom. The molecular formula is C65H110O12. The van der Waals surface area contributed by atoms with Crippen LogP contribution in [0.5, 0.6) is 0 Å². The molecule has 0 saturated carbocycles. The van der Waals surface area contributed by atoms with E-state index in [1.807, 2.05) is 0 Å². The number of carbonyl (C=O) groups is 4. The lowest BCUT2D eigenvalue weighted by atomic mass is 9.98. The van der Waals surface area contributed by atoms with E-state index in [0.717, 1.165) is 135 Å². The average molecular weight is 1080 g/mol. The average Bonchev–Trinajstić information content (AvgIpc) is 3.42. The maximum absolute atomic E-state index is 13.1. The Hall–Kier alpha value is -3.84. The maximum Gasteiger partial charge on any atom is 0.335 e. The Bertz CT molecular complexity index is 1620. The zero-order valence-corrected chi connectivity index (χ0v) is 48.7. The van der Waals surface area contributed by atoms with Crippen molar-refractivity contribution in [2.45, 2.75) is 302 Å². The van der Waals surface area contributed by atoms with Crippen LogP contribution in [0.1, 0.15) is 265 Å². The number of esters is 3. The SMILES string of the molecule is CCCCC/C=C\C/C=C\C/C=C\CCCCCCCCC(=O)OCC(COC1OC(C(=O)O)C(O)C(O)C1OC(=O)CCCCCCC/C=C\C/C=C\CCCCC)OC(=O)CCCCCCC/C=C\CCCCCC. The zero-order valence-electron chi connectivity index (χ0n) is 48.7. The Morgan fingerprint density at radius 2 is 0.779 bits per heavy atom. The molecule has 0 aliphatic carbocycles. The van der Waals surface area contributed by atoms with Crippen molar-refractivity contribution in [1.29, 1.82) is 0 Å². The summed E-state index contributed by atoms with van der Waals surface area (Å²) >= 11 is 0. The van der Waals surface area contributed by atoms with Crippen molar-refractivity contribution < 1.29 is 58.2 Å². The molecule has 1 fully saturated rings. The van der Waals surface area contributed by atoms with Crippen LogP contribution < -0.4 is 0 Å². The number of allylic oxidation sites excluding steroid dienone is 12. The lowest BCUT2D eigenvalue weighted by molar-refractivity contribution is -0.301. The van der Waals surface area contributed by atoms with E-state index < -0.39 is 67.3 Å². The fourth-order valence-electron chi connectivity index (χ4n) is 8.93. The third-order valence-electron chi connectivity index (χ3n) is 13.7. The number of rotatable bonds is 52. The second-order valence-electron chi connectivity index (χ2n) is 21.0. The minimum absolute atomic E-state index is 0.0408. The Balaban J connectivity index is 2.69. The molecule has 6 unspecified atom stereocenters. The molecule has 77 heavy (non-hydrogen) atoms. The van der Waals surface area contributed by atoms with Crippen molar-refractivity contribution in [3.8, 4) is 0 Å². The maximum atomic E-state index is 13.1. The van der Waals surface area contributed by atoms with Crippen molar-refractivity contribution in [3.63, 3.8) is 0 Å². The van der Waals surface area contributed by atoms with Gasteiger partial charge in [-0.2, -0.15) is 0 Å². The number of carbonyl (C=O) groups excluding carboxylic acids is 3. The molecule has 6 atom stereocenters. The van der Waals surface area contributed by atoms with Gasteiger partial charge in [-0.05, 0) is 116 Å². The third kappa shape index (κ3) is 42.7. The van der Waals surface area contributed by atoms with Gasteiger partial charge < -0.3 is 39.0 Å². The highest BCUT2D eigenvalue weighted by Gasteiger charge is 2.50. The van der Waals surface area contributed by atoms with Gasteiger partial charge in [0.15, 0.2) is 24.6 Å². The molecule has 0 radical (unpaired) electrons. The van der Waals surface area contributed by atoms with Crippen molar-refractivity contribution in [2.24, 2.45) is 0 Å². The van der Waals surface area contributed by atoms with Crippen molar-refractivity contribution in [3.05, 3.63) is 72.9 Å². The van der Waals surface area contributed by atoms with Crippen LogP contribution in [-0.4, -0.2) is 89.2 Å². The molecule has 12 heteroatoms. The number of carboxylic acid groups (broad SMARTS) is 1. The summed E-state index contributed by atoms with van der Waals surface area (Å²) in [5.74, 6) is -3.16. The van der Waals surface area contributed by atoms with Gasteiger partial charge in [0.2, 0.25) is 0 Å². The van der Waals surface area contributed by atoms with E-state index in [9.17, 15) is 34.5 Å². The van der Waals surface area contributed by atoms with Gasteiger partial charge in [0.1, 0.15) is 18.8 Å². The minimum atomic E-state index is -1.91. The highest BCUT2D eigenvalue weighted by Crippen LogP contribution is 2.26. The molecule has 0 aromatic heterocycles. The fourth-order valence-corrected chi connectivity index (χ4v) is 8.93. The molecule has 12 nitrogen and oxygen atoms in total.